The summed E-state index contributed by atoms with van der Waals surface area (Å²) in [5, 5.41) is 28.1. The van der Waals surface area contributed by atoms with Crippen molar-refractivity contribution in [1.82, 2.24) is 20.6 Å². The highest BCUT2D eigenvalue weighted by molar-refractivity contribution is 6.00. The number of nitrogens with zero attached hydrogens (tertiary/aromatic N) is 3. The summed E-state index contributed by atoms with van der Waals surface area (Å²) in [7, 11) is 0. The van der Waals surface area contributed by atoms with Crippen LogP contribution in [0.5, 0.6) is 0 Å². The van der Waals surface area contributed by atoms with Crippen LogP contribution < -0.4 is 20.9 Å². The van der Waals surface area contributed by atoms with Crippen molar-refractivity contribution in [3.63, 3.8) is 0 Å². The molecule has 0 bridgehead atoms. The van der Waals surface area contributed by atoms with Crippen LogP contribution in [0.2, 0.25) is 0 Å². The van der Waals surface area contributed by atoms with Crippen LogP contribution in [0, 0.1) is 0 Å². The maximum Gasteiger partial charge on any atom is 0.490 e. The minimum atomic E-state index is -5.08. The van der Waals surface area contributed by atoms with E-state index in [9.17, 15) is 27.9 Å². The lowest BCUT2D eigenvalue weighted by atomic mass is 10.00. The maximum absolute atomic E-state index is 13.6. The van der Waals surface area contributed by atoms with Gasteiger partial charge in [0.25, 0.3) is 5.91 Å². The molecule has 264 valence electrons. The van der Waals surface area contributed by atoms with E-state index >= 15 is 0 Å². The van der Waals surface area contributed by atoms with Gasteiger partial charge in [0.05, 0.1) is 12.1 Å². The fraction of sp³-hybridized carbons (Fsp3) is 0.306. The Balaban J connectivity index is 0.000000727. The molecule has 11 nitrogen and oxygen atoms in total. The van der Waals surface area contributed by atoms with Crippen LogP contribution in [0.1, 0.15) is 41.3 Å². The normalized spacial score (nSPS) is 13.9. The van der Waals surface area contributed by atoms with Gasteiger partial charge in [0.1, 0.15) is 6.33 Å². The highest BCUT2D eigenvalue weighted by Gasteiger charge is 2.38. The van der Waals surface area contributed by atoms with Gasteiger partial charge in [-0.25, -0.2) is 14.8 Å². The lowest BCUT2D eigenvalue weighted by Gasteiger charge is -2.25. The number of anilines is 2. The molecule has 1 aliphatic rings. The lowest BCUT2D eigenvalue weighted by Crippen LogP contribution is -2.48. The number of aliphatic hydroxyl groups excluding tert-OH is 1. The van der Waals surface area contributed by atoms with Crippen LogP contribution in [-0.4, -0.2) is 75.9 Å². The largest absolute Gasteiger partial charge is 0.490 e. The highest BCUT2D eigenvalue weighted by atomic mass is 19.4. The molecule has 14 heteroatoms. The summed E-state index contributed by atoms with van der Waals surface area (Å²) >= 11 is 0. The number of aliphatic hydroxyl groups is 1. The molecular weight excluding hydrogens is 653 g/mol. The Morgan fingerprint density at radius 2 is 1.66 bits per heavy atom. The van der Waals surface area contributed by atoms with Crippen LogP contribution >= 0.6 is 0 Å². The van der Waals surface area contributed by atoms with Crippen molar-refractivity contribution >= 4 is 29.2 Å². The Hall–Kier alpha value is -5.34. The van der Waals surface area contributed by atoms with Gasteiger partial charge in [-0.15, -0.1) is 0 Å². The average Bonchev–Trinajstić information content (AvgIpc) is 3.54. The van der Waals surface area contributed by atoms with Gasteiger partial charge in [-0.2, -0.15) is 13.2 Å². The zero-order chi connectivity index (χ0) is 36.1. The smallest absolute Gasteiger partial charge is 0.475 e. The predicted molar refractivity (Wildman–Crippen MR) is 182 cm³/mol. The van der Waals surface area contributed by atoms with E-state index < -0.39 is 24.3 Å². The molecule has 0 aliphatic carbocycles. The minimum Gasteiger partial charge on any atom is -0.475 e. The highest BCUT2D eigenvalue weighted by Crippen LogP contribution is 2.27. The van der Waals surface area contributed by atoms with Crippen molar-refractivity contribution in [1.29, 1.82) is 0 Å². The number of aromatic nitrogens is 2. The van der Waals surface area contributed by atoms with E-state index in [0.29, 0.717) is 43.7 Å². The summed E-state index contributed by atoms with van der Waals surface area (Å²) in [6.07, 6.45) is 0.897. The van der Waals surface area contributed by atoms with E-state index in [0.717, 1.165) is 34.4 Å². The third kappa shape index (κ3) is 11.1. The number of aliphatic carboxylic acids is 1. The standard InChI is InChI=1S/C34H38N6O3.C2HF3O2/c1-2-38-29-16-27(17-30(18-29)40-13-7-12-33(40)42)34(43)39-31(15-24-8-4-3-5-9-24)32(41)22-35-19-25-10-6-11-26(14-25)28-20-36-23-37-21-28;3-2(4,5)1(6)7/h3-6,8-11,14,16-18,20-21,23,31-32,35,38,41H,2,7,12-13,15,19,22H2,1H3,(H,39,43);(H,6,7)/t31-,32+;/m0./s1. The summed E-state index contributed by atoms with van der Waals surface area (Å²) < 4.78 is 31.7. The summed E-state index contributed by atoms with van der Waals surface area (Å²) in [4.78, 5) is 44.9. The zero-order valence-electron chi connectivity index (χ0n) is 27.4. The molecule has 50 heavy (non-hydrogen) atoms. The first kappa shape index (κ1) is 37.5. The number of alkyl halides is 3. The molecule has 0 saturated carbocycles. The maximum atomic E-state index is 13.6. The Kier molecular flexibility index (Phi) is 13.4. The second-order valence-electron chi connectivity index (χ2n) is 11.5. The molecule has 2 atom stereocenters. The number of rotatable bonds is 13. The molecule has 1 saturated heterocycles. The van der Waals surface area contributed by atoms with E-state index in [1.165, 1.54) is 6.33 Å². The number of amides is 2. The Bertz CT molecular complexity index is 1730. The van der Waals surface area contributed by atoms with Crippen molar-refractivity contribution in [3.8, 4) is 11.1 Å². The van der Waals surface area contributed by atoms with Gasteiger partial charge < -0.3 is 31.1 Å². The fourth-order valence-corrected chi connectivity index (χ4v) is 5.34. The van der Waals surface area contributed by atoms with Crippen LogP contribution in [0.4, 0.5) is 24.5 Å². The first-order valence-electron chi connectivity index (χ1n) is 16.0. The molecule has 4 aromatic rings. The molecule has 2 heterocycles. The van der Waals surface area contributed by atoms with Crippen molar-refractivity contribution in [2.24, 2.45) is 0 Å². The number of hydrogen-bond donors (Lipinski definition) is 5. The monoisotopic (exact) mass is 692 g/mol. The third-order valence-electron chi connectivity index (χ3n) is 7.77. The minimum absolute atomic E-state index is 0.0612. The number of benzene rings is 3. The number of carboxylic acids is 1. The van der Waals surface area contributed by atoms with Crippen LogP contribution in [0.3, 0.4) is 0 Å². The van der Waals surface area contributed by atoms with Gasteiger partial charge in [0, 0.05) is 67.5 Å². The third-order valence-corrected chi connectivity index (χ3v) is 7.77. The van der Waals surface area contributed by atoms with Crippen LogP contribution in [0.15, 0.2) is 91.5 Å². The molecule has 2 amide bonds. The Labute approximate surface area is 287 Å². The summed E-state index contributed by atoms with van der Waals surface area (Å²) in [5.74, 6) is -3.00. The Morgan fingerprint density at radius 1 is 0.960 bits per heavy atom. The van der Waals surface area contributed by atoms with Crippen molar-refractivity contribution < 1.29 is 37.8 Å². The van der Waals surface area contributed by atoms with E-state index in [4.69, 9.17) is 9.90 Å². The first-order chi connectivity index (χ1) is 23.9. The number of carbonyl (C=O) groups excluding carboxylic acids is 2. The predicted octanol–water partition coefficient (Wildman–Crippen LogP) is 4.83. The van der Waals surface area contributed by atoms with E-state index in [2.05, 4.69) is 32.0 Å². The van der Waals surface area contributed by atoms with Gasteiger partial charge in [0.15, 0.2) is 0 Å². The fourth-order valence-electron chi connectivity index (χ4n) is 5.34. The van der Waals surface area contributed by atoms with Crippen LogP contribution in [0.25, 0.3) is 11.1 Å². The van der Waals surface area contributed by atoms with E-state index in [-0.39, 0.29) is 18.4 Å². The zero-order valence-corrected chi connectivity index (χ0v) is 27.4. The van der Waals surface area contributed by atoms with Gasteiger partial charge >= 0.3 is 12.1 Å². The lowest BCUT2D eigenvalue weighted by molar-refractivity contribution is -0.192. The second-order valence-corrected chi connectivity index (χ2v) is 11.5. The number of nitrogens with one attached hydrogen (secondary N) is 3. The Morgan fingerprint density at radius 3 is 2.30 bits per heavy atom. The number of halogens is 3. The van der Waals surface area contributed by atoms with Crippen molar-refractivity contribution in [3.05, 3.63) is 108 Å². The molecule has 0 unspecified atom stereocenters. The van der Waals surface area contributed by atoms with E-state index in [1.807, 2.05) is 61.5 Å². The summed E-state index contributed by atoms with van der Waals surface area (Å²) in [6.45, 7) is 4.13. The van der Waals surface area contributed by atoms with Gasteiger partial charge in [-0.05, 0) is 60.7 Å². The van der Waals surface area contributed by atoms with Gasteiger partial charge in [-0.1, -0.05) is 48.5 Å². The van der Waals surface area contributed by atoms with Crippen molar-refractivity contribution in [2.75, 3.05) is 29.9 Å². The molecule has 5 N–H and O–H groups in total. The molecule has 1 aliphatic heterocycles. The molecule has 0 spiro atoms. The van der Waals surface area contributed by atoms with Gasteiger partial charge in [-0.3, -0.25) is 9.59 Å². The molecule has 0 radical (unpaired) electrons. The molecule has 1 aromatic heterocycles. The first-order valence-corrected chi connectivity index (χ1v) is 16.0. The number of carbonyl (C=O) groups is 3. The summed E-state index contributed by atoms with van der Waals surface area (Å²) in [5.41, 5.74) is 5.94. The number of hydrogen-bond acceptors (Lipinski definition) is 8. The second kappa shape index (κ2) is 17.9. The molecule has 3 aromatic carbocycles. The van der Waals surface area contributed by atoms with Crippen LogP contribution in [-0.2, 0) is 22.6 Å². The van der Waals surface area contributed by atoms with E-state index in [1.54, 1.807) is 29.4 Å². The van der Waals surface area contributed by atoms with Crippen molar-refractivity contribution in [2.45, 2.75) is 51.1 Å². The topological polar surface area (TPSA) is 157 Å². The average molecular weight is 693 g/mol. The molecule has 5 rings (SSSR count). The molecular formula is C36H39F3N6O5. The summed E-state index contributed by atoms with van der Waals surface area (Å²) in [6, 6.07) is 22.8. The molecule has 1 fully saturated rings. The SMILES string of the molecule is CCNc1cc(C(=O)N[C@@H](Cc2ccccc2)[C@H](O)CNCc2cccc(-c3cncnc3)c2)cc(N2CCCC2=O)c1.O=C(O)C(F)(F)F. The van der Waals surface area contributed by atoms with Gasteiger partial charge in [0.2, 0.25) is 5.91 Å². The number of carboxylic acid groups (broad SMARTS) is 1. The quantitative estimate of drug-likeness (QED) is 0.133.